The predicted molar refractivity (Wildman–Crippen MR) is 82.2 cm³/mol. The molecule has 1 atom stereocenters. The summed E-state index contributed by atoms with van der Waals surface area (Å²) in [5, 5.41) is 4.55. The molecule has 3 N–H and O–H groups in total. The van der Waals surface area contributed by atoms with Gasteiger partial charge < -0.3 is 11.1 Å². The molecule has 1 fully saturated rings. The van der Waals surface area contributed by atoms with Crippen molar-refractivity contribution in [1.29, 1.82) is 0 Å². The van der Waals surface area contributed by atoms with Gasteiger partial charge in [-0.05, 0) is 42.5 Å². The number of rotatable bonds is 5. The summed E-state index contributed by atoms with van der Waals surface area (Å²) in [5.74, 6) is -0.703. The quantitative estimate of drug-likeness (QED) is 0.890. The van der Waals surface area contributed by atoms with Crippen molar-refractivity contribution in [2.75, 3.05) is 0 Å². The van der Waals surface area contributed by atoms with Gasteiger partial charge in [-0.3, -0.25) is 9.59 Å². The Bertz CT molecular complexity index is 707. The summed E-state index contributed by atoms with van der Waals surface area (Å²) in [7, 11) is 0. The van der Waals surface area contributed by atoms with Gasteiger partial charge in [-0.2, -0.15) is 0 Å². The van der Waals surface area contributed by atoms with Crippen molar-refractivity contribution in [2.45, 2.75) is 18.9 Å². The van der Waals surface area contributed by atoms with Crippen molar-refractivity contribution in [3.8, 4) is 0 Å². The lowest BCUT2D eigenvalue weighted by Gasteiger charge is -2.18. The summed E-state index contributed by atoms with van der Waals surface area (Å²) < 4.78 is 13.0. The van der Waals surface area contributed by atoms with Gasteiger partial charge in [0.25, 0.3) is 5.91 Å². The maximum Gasteiger partial charge on any atom is 0.261 e. The van der Waals surface area contributed by atoms with Gasteiger partial charge in [0.15, 0.2) is 0 Å². The molecule has 6 heteroatoms. The summed E-state index contributed by atoms with van der Waals surface area (Å²) in [4.78, 5) is 23.9. The highest BCUT2D eigenvalue weighted by atomic mass is 32.1. The Morgan fingerprint density at radius 1 is 1.27 bits per heavy atom. The molecular weight excluding hydrogens is 303 g/mol. The van der Waals surface area contributed by atoms with E-state index in [4.69, 9.17) is 5.73 Å². The van der Waals surface area contributed by atoms with E-state index in [1.807, 2.05) is 0 Å². The number of carbonyl (C=O) groups excluding carboxylic acids is 2. The van der Waals surface area contributed by atoms with Crippen molar-refractivity contribution in [2.24, 2.45) is 11.7 Å². The average molecular weight is 318 g/mol. The van der Waals surface area contributed by atoms with Crippen LogP contribution in [0.2, 0.25) is 0 Å². The molecule has 3 rings (SSSR count). The van der Waals surface area contributed by atoms with E-state index in [9.17, 15) is 14.0 Å². The first-order valence-corrected chi connectivity index (χ1v) is 7.87. The molecule has 1 aliphatic carbocycles. The second kappa shape index (κ2) is 5.88. The number of primary amides is 1. The number of nitrogens with one attached hydrogen (secondary N) is 1. The van der Waals surface area contributed by atoms with Crippen molar-refractivity contribution in [3.63, 3.8) is 0 Å². The lowest BCUT2D eigenvalue weighted by atomic mass is 10.0. The third-order valence-corrected chi connectivity index (χ3v) is 4.65. The van der Waals surface area contributed by atoms with E-state index in [-0.39, 0.29) is 17.8 Å². The SMILES string of the molecule is NC(=O)c1csc(C(=O)N[C@@H](c2ccc(F)cc2)C2CC2)c1. The molecular formula is C16H15FN2O2S. The molecule has 1 heterocycles. The molecule has 0 spiro atoms. The van der Waals surface area contributed by atoms with Gasteiger partial charge in [0, 0.05) is 5.38 Å². The lowest BCUT2D eigenvalue weighted by Crippen LogP contribution is -2.29. The van der Waals surface area contributed by atoms with Crippen molar-refractivity contribution >= 4 is 23.2 Å². The highest BCUT2D eigenvalue weighted by molar-refractivity contribution is 7.12. The lowest BCUT2D eigenvalue weighted by molar-refractivity contribution is 0.0935. The van der Waals surface area contributed by atoms with Crippen LogP contribution in [0.3, 0.4) is 0 Å². The maximum absolute atomic E-state index is 13.0. The molecule has 1 aromatic carbocycles. The van der Waals surface area contributed by atoms with E-state index in [1.54, 1.807) is 17.5 Å². The fraction of sp³-hybridized carbons (Fsp3) is 0.250. The number of hydrogen-bond acceptors (Lipinski definition) is 3. The number of thiophene rings is 1. The Morgan fingerprint density at radius 3 is 2.50 bits per heavy atom. The van der Waals surface area contributed by atoms with Gasteiger partial charge in [-0.1, -0.05) is 12.1 Å². The molecule has 1 aliphatic rings. The van der Waals surface area contributed by atoms with Gasteiger partial charge >= 0.3 is 0 Å². The van der Waals surface area contributed by atoms with E-state index < -0.39 is 5.91 Å². The van der Waals surface area contributed by atoms with Crippen LogP contribution in [-0.2, 0) is 0 Å². The van der Waals surface area contributed by atoms with Crippen LogP contribution in [0.25, 0.3) is 0 Å². The minimum Gasteiger partial charge on any atom is -0.366 e. The highest BCUT2D eigenvalue weighted by Crippen LogP contribution is 2.41. The van der Waals surface area contributed by atoms with Crippen LogP contribution in [0.1, 0.15) is 44.5 Å². The van der Waals surface area contributed by atoms with Gasteiger partial charge in [-0.25, -0.2) is 4.39 Å². The molecule has 1 aromatic heterocycles. The zero-order chi connectivity index (χ0) is 15.7. The van der Waals surface area contributed by atoms with E-state index >= 15 is 0 Å². The van der Waals surface area contributed by atoms with Crippen LogP contribution in [0.15, 0.2) is 35.7 Å². The molecule has 0 saturated heterocycles. The van der Waals surface area contributed by atoms with E-state index in [1.165, 1.54) is 29.5 Å². The summed E-state index contributed by atoms with van der Waals surface area (Å²) >= 11 is 1.18. The fourth-order valence-electron chi connectivity index (χ4n) is 2.37. The van der Waals surface area contributed by atoms with Gasteiger partial charge in [0.2, 0.25) is 5.91 Å². The minimum atomic E-state index is -0.549. The second-order valence-corrected chi connectivity index (χ2v) is 6.32. The standard InChI is InChI=1S/C16H15FN2O2S/c17-12-5-3-10(4-6-12)14(9-1-2-9)19-16(21)13-7-11(8-22-13)15(18)20/h3-9,14H,1-2H2,(H2,18,20)(H,19,21)/t14-/m1/s1. The zero-order valence-corrected chi connectivity index (χ0v) is 12.5. The van der Waals surface area contributed by atoms with Crippen LogP contribution in [-0.4, -0.2) is 11.8 Å². The molecule has 0 bridgehead atoms. The number of benzene rings is 1. The van der Waals surface area contributed by atoms with Crippen LogP contribution in [0.4, 0.5) is 4.39 Å². The summed E-state index contributed by atoms with van der Waals surface area (Å²) in [5.41, 5.74) is 6.42. The molecule has 114 valence electrons. The first-order valence-electron chi connectivity index (χ1n) is 6.99. The van der Waals surface area contributed by atoms with Crippen LogP contribution in [0, 0.1) is 11.7 Å². The van der Waals surface area contributed by atoms with Crippen molar-refractivity contribution in [1.82, 2.24) is 5.32 Å². The van der Waals surface area contributed by atoms with Crippen molar-refractivity contribution < 1.29 is 14.0 Å². The Hall–Kier alpha value is -2.21. The molecule has 2 aromatic rings. The third kappa shape index (κ3) is 3.17. The molecule has 1 saturated carbocycles. The van der Waals surface area contributed by atoms with E-state index in [0.29, 0.717) is 16.4 Å². The number of hydrogen-bond donors (Lipinski definition) is 2. The molecule has 0 radical (unpaired) electrons. The minimum absolute atomic E-state index is 0.132. The summed E-state index contributed by atoms with van der Waals surface area (Å²) in [6.07, 6.45) is 2.08. The predicted octanol–water partition coefficient (Wildman–Crippen LogP) is 2.87. The normalized spacial score (nSPS) is 15.3. The summed E-state index contributed by atoms with van der Waals surface area (Å²) in [6.45, 7) is 0. The topological polar surface area (TPSA) is 72.2 Å². The Balaban J connectivity index is 1.77. The Labute approximate surface area is 131 Å². The van der Waals surface area contributed by atoms with Crippen LogP contribution >= 0.6 is 11.3 Å². The van der Waals surface area contributed by atoms with Crippen LogP contribution < -0.4 is 11.1 Å². The number of halogens is 1. The number of nitrogens with two attached hydrogens (primary N) is 1. The smallest absolute Gasteiger partial charge is 0.261 e. The van der Waals surface area contributed by atoms with Crippen molar-refractivity contribution in [3.05, 3.63) is 57.5 Å². The second-order valence-electron chi connectivity index (χ2n) is 5.40. The van der Waals surface area contributed by atoms with Gasteiger partial charge in [-0.15, -0.1) is 11.3 Å². The van der Waals surface area contributed by atoms with E-state index in [2.05, 4.69) is 5.32 Å². The molecule has 22 heavy (non-hydrogen) atoms. The maximum atomic E-state index is 13.0. The first kappa shape index (κ1) is 14.7. The Kier molecular flexibility index (Phi) is 3.94. The Morgan fingerprint density at radius 2 is 1.95 bits per heavy atom. The number of amides is 2. The van der Waals surface area contributed by atoms with Crippen LogP contribution in [0.5, 0.6) is 0 Å². The van der Waals surface area contributed by atoms with Gasteiger partial charge in [0.1, 0.15) is 5.82 Å². The molecule has 4 nitrogen and oxygen atoms in total. The summed E-state index contributed by atoms with van der Waals surface area (Å²) in [6, 6.07) is 7.55. The first-order chi connectivity index (χ1) is 10.5. The number of carbonyl (C=O) groups is 2. The zero-order valence-electron chi connectivity index (χ0n) is 11.7. The largest absolute Gasteiger partial charge is 0.366 e. The molecule has 0 aliphatic heterocycles. The average Bonchev–Trinajstić information content (AvgIpc) is 3.20. The fourth-order valence-corrected chi connectivity index (χ4v) is 3.17. The third-order valence-electron chi connectivity index (χ3n) is 3.72. The highest BCUT2D eigenvalue weighted by Gasteiger charge is 2.33. The molecule has 0 unspecified atom stereocenters. The van der Waals surface area contributed by atoms with Gasteiger partial charge in [0.05, 0.1) is 16.5 Å². The monoisotopic (exact) mass is 318 g/mol. The molecule has 2 amide bonds. The van der Waals surface area contributed by atoms with E-state index in [0.717, 1.165) is 18.4 Å².